The van der Waals surface area contributed by atoms with E-state index in [-0.39, 0.29) is 5.91 Å². The molecular weight excluding hydrogens is 312 g/mol. The molecule has 1 amide bonds. The molecule has 0 aliphatic carbocycles. The lowest BCUT2D eigenvalue weighted by Crippen LogP contribution is -2.20. The Balaban J connectivity index is 1.45. The first-order valence-corrected chi connectivity index (χ1v) is 8.83. The Morgan fingerprint density at radius 2 is 2.22 bits per heavy atom. The van der Waals surface area contributed by atoms with E-state index in [1.54, 1.807) is 30.4 Å². The van der Waals surface area contributed by atoms with Crippen LogP contribution >= 0.6 is 11.8 Å². The second kappa shape index (κ2) is 8.12. The van der Waals surface area contributed by atoms with Crippen LogP contribution in [0.1, 0.15) is 12.0 Å². The number of rotatable bonds is 7. The number of hydrogen-bond donors (Lipinski definition) is 1. The fourth-order valence-corrected chi connectivity index (χ4v) is 3.26. The van der Waals surface area contributed by atoms with Gasteiger partial charge in [0.1, 0.15) is 5.82 Å². The van der Waals surface area contributed by atoms with Crippen LogP contribution < -0.4 is 5.32 Å². The monoisotopic (exact) mass is 332 g/mol. The number of ether oxygens (including phenoxy) is 1. The van der Waals surface area contributed by atoms with Crippen LogP contribution in [0.5, 0.6) is 0 Å². The predicted molar refractivity (Wildman–Crippen MR) is 90.2 cm³/mol. The Hall–Kier alpha value is -1.86. The van der Waals surface area contributed by atoms with Crippen LogP contribution in [0.3, 0.4) is 0 Å². The van der Waals surface area contributed by atoms with E-state index < -0.39 is 0 Å². The minimum absolute atomic E-state index is 0.00604. The second-order valence-electron chi connectivity index (χ2n) is 5.52. The Bertz CT molecular complexity index is 626. The van der Waals surface area contributed by atoms with Crippen molar-refractivity contribution in [3.63, 3.8) is 0 Å². The van der Waals surface area contributed by atoms with E-state index in [4.69, 9.17) is 4.74 Å². The molecule has 0 saturated carbocycles. The molecule has 23 heavy (non-hydrogen) atoms. The largest absolute Gasteiger partial charge is 0.381 e. The Kier molecular flexibility index (Phi) is 5.65. The highest BCUT2D eigenvalue weighted by Gasteiger charge is 2.18. The van der Waals surface area contributed by atoms with Gasteiger partial charge in [0.05, 0.1) is 18.6 Å². The first-order valence-electron chi connectivity index (χ1n) is 7.67. The number of hydrogen-bond acceptors (Lipinski definition) is 5. The van der Waals surface area contributed by atoms with Crippen molar-refractivity contribution in [3.8, 4) is 0 Å². The summed E-state index contributed by atoms with van der Waals surface area (Å²) < 4.78 is 7.24. The molecule has 0 bridgehead atoms. The Labute approximate surface area is 139 Å². The van der Waals surface area contributed by atoms with Crippen molar-refractivity contribution < 1.29 is 9.53 Å². The molecule has 3 rings (SSSR count). The predicted octanol–water partition coefficient (Wildman–Crippen LogP) is 2.19. The number of pyridine rings is 1. The number of amides is 1. The summed E-state index contributed by atoms with van der Waals surface area (Å²) in [5.41, 5.74) is 1.17. The summed E-state index contributed by atoms with van der Waals surface area (Å²) >= 11 is 1.59. The van der Waals surface area contributed by atoms with E-state index in [9.17, 15) is 4.79 Å². The lowest BCUT2D eigenvalue weighted by atomic mass is 10.1. The van der Waals surface area contributed by atoms with Crippen LogP contribution in [0.4, 0.5) is 5.82 Å². The molecule has 1 unspecified atom stereocenters. The van der Waals surface area contributed by atoms with Crippen LogP contribution in [-0.2, 0) is 21.8 Å². The molecule has 2 aromatic rings. The molecule has 1 N–H and O–H groups in total. The van der Waals surface area contributed by atoms with Crippen LogP contribution in [0.15, 0.2) is 36.8 Å². The summed E-state index contributed by atoms with van der Waals surface area (Å²) in [4.78, 5) is 16.1. The van der Waals surface area contributed by atoms with Gasteiger partial charge in [0, 0.05) is 43.3 Å². The maximum absolute atomic E-state index is 12.1. The molecule has 0 radical (unpaired) electrons. The zero-order valence-corrected chi connectivity index (χ0v) is 13.7. The summed E-state index contributed by atoms with van der Waals surface area (Å²) in [6.07, 6.45) is 6.30. The molecule has 2 aromatic heterocycles. The Morgan fingerprint density at radius 1 is 1.35 bits per heavy atom. The number of carbonyl (C=O) groups is 1. The van der Waals surface area contributed by atoms with Crippen LogP contribution in [0.25, 0.3) is 0 Å². The normalized spacial score (nSPS) is 17.3. The lowest BCUT2D eigenvalue weighted by molar-refractivity contribution is -0.113. The van der Waals surface area contributed by atoms with E-state index in [1.165, 1.54) is 5.56 Å². The number of carbonyl (C=O) groups excluding carboxylic acids is 1. The molecular formula is C16H20N4O2S. The minimum atomic E-state index is -0.00604. The number of nitrogens with zero attached hydrogens (tertiary/aromatic N) is 3. The van der Waals surface area contributed by atoms with E-state index in [1.807, 2.05) is 22.9 Å². The van der Waals surface area contributed by atoms with E-state index in [2.05, 4.69) is 15.4 Å². The number of anilines is 1. The molecule has 1 atom stereocenters. The number of thioether (sulfide) groups is 1. The second-order valence-corrected chi connectivity index (χ2v) is 6.51. The van der Waals surface area contributed by atoms with Gasteiger partial charge in [-0.3, -0.25) is 9.78 Å². The van der Waals surface area contributed by atoms with Gasteiger partial charge in [-0.1, -0.05) is 0 Å². The van der Waals surface area contributed by atoms with Crippen molar-refractivity contribution in [2.45, 2.75) is 18.7 Å². The minimum Gasteiger partial charge on any atom is -0.381 e. The van der Waals surface area contributed by atoms with Crippen molar-refractivity contribution in [3.05, 3.63) is 42.4 Å². The zero-order valence-electron chi connectivity index (χ0n) is 12.9. The van der Waals surface area contributed by atoms with E-state index >= 15 is 0 Å². The highest BCUT2D eigenvalue weighted by Crippen LogP contribution is 2.18. The summed E-state index contributed by atoms with van der Waals surface area (Å²) in [7, 11) is 0. The number of nitrogens with one attached hydrogen (secondary N) is 1. The van der Waals surface area contributed by atoms with Crippen LogP contribution in [0.2, 0.25) is 0 Å². The lowest BCUT2D eigenvalue weighted by Gasteiger charge is -2.12. The van der Waals surface area contributed by atoms with Crippen molar-refractivity contribution in [2.75, 3.05) is 24.3 Å². The third-order valence-electron chi connectivity index (χ3n) is 3.69. The topological polar surface area (TPSA) is 69.0 Å². The third kappa shape index (κ3) is 4.80. The average molecular weight is 332 g/mol. The standard InChI is InChI=1S/C16H20N4O2S/c21-16(12-23-11-13-1-5-17-6-2-13)19-15-3-7-18-20(15)9-14-4-8-22-10-14/h1-3,5-7,14H,4,8-12H2,(H,19,21). The quantitative estimate of drug-likeness (QED) is 0.842. The SMILES string of the molecule is O=C(CSCc1ccncc1)Nc1ccnn1CC1CCOC1. The van der Waals surface area contributed by atoms with Gasteiger partial charge in [-0.2, -0.15) is 5.10 Å². The Morgan fingerprint density at radius 3 is 3.00 bits per heavy atom. The summed E-state index contributed by atoms with van der Waals surface area (Å²) in [6.45, 7) is 2.38. The fraction of sp³-hybridized carbons (Fsp3) is 0.438. The molecule has 1 saturated heterocycles. The smallest absolute Gasteiger partial charge is 0.235 e. The van der Waals surface area contributed by atoms with Crippen LogP contribution in [-0.4, -0.2) is 39.6 Å². The van der Waals surface area contributed by atoms with Gasteiger partial charge < -0.3 is 10.1 Å². The fourth-order valence-electron chi connectivity index (χ4n) is 2.48. The summed E-state index contributed by atoms with van der Waals surface area (Å²) in [5.74, 6) is 2.45. The average Bonchev–Trinajstić information content (AvgIpc) is 3.22. The maximum Gasteiger partial charge on any atom is 0.235 e. The first-order chi connectivity index (χ1) is 11.3. The molecule has 6 nitrogen and oxygen atoms in total. The van der Waals surface area contributed by atoms with Gasteiger partial charge in [0.2, 0.25) is 5.91 Å². The molecule has 0 spiro atoms. The van der Waals surface area contributed by atoms with Crippen LogP contribution in [0, 0.1) is 5.92 Å². The zero-order chi connectivity index (χ0) is 15.9. The highest BCUT2D eigenvalue weighted by molar-refractivity contribution is 7.99. The van der Waals surface area contributed by atoms with Gasteiger partial charge in [-0.25, -0.2) is 4.68 Å². The van der Waals surface area contributed by atoms with Crippen molar-refractivity contribution >= 4 is 23.5 Å². The maximum atomic E-state index is 12.1. The molecule has 122 valence electrons. The van der Waals surface area contributed by atoms with Gasteiger partial charge in [0.15, 0.2) is 0 Å². The van der Waals surface area contributed by atoms with Crippen molar-refractivity contribution in [2.24, 2.45) is 5.92 Å². The van der Waals surface area contributed by atoms with Crippen molar-refractivity contribution in [1.29, 1.82) is 0 Å². The molecule has 0 aromatic carbocycles. The van der Waals surface area contributed by atoms with Crippen molar-refractivity contribution in [1.82, 2.24) is 14.8 Å². The first kappa shape index (κ1) is 16.0. The van der Waals surface area contributed by atoms with Gasteiger partial charge in [-0.15, -0.1) is 11.8 Å². The molecule has 3 heterocycles. The van der Waals surface area contributed by atoms with E-state index in [0.717, 1.165) is 37.8 Å². The van der Waals surface area contributed by atoms with Gasteiger partial charge in [-0.05, 0) is 24.1 Å². The van der Waals surface area contributed by atoms with Gasteiger partial charge >= 0.3 is 0 Å². The number of aromatic nitrogens is 3. The highest BCUT2D eigenvalue weighted by atomic mass is 32.2. The summed E-state index contributed by atoms with van der Waals surface area (Å²) in [5, 5.41) is 7.23. The van der Waals surface area contributed by atoms with Gasteiger partial charge in [0.25, 0.3) is 0 Å². The molecule has 1 fully saturated rings. The molecule has 1 aliphatic heterocycles. The molecule has 1 aliphatic rings. The molecule has 7 heteroatoms. The third-order valence-corrected chi connectivity index (χ3v) is 4.69. The summed E-state index contributed by atoms with van der Waals surface area (Å²) in [6, 6.07) is 5.76. The van der Waals surface area contributed by atoms with E-state index in [0.29, 0.717) is 11.7 Å².